The Bertz CT molecular complexity index is 772. The van der Waals surface area contributed by atoms with Gasteiger partial charge in [0, 0.05) is 10.2 Å². The monoisotopic (exact) mass is 368 g/mol. The molecule has 0 radical (unpaired) electrons. The third kappa shape index (κ3) is 3.19. The Hall–Kier alpha value is -1.60. The highest BCUT2D eigenvalue weighted by Crippen LogP contribution is 2.29. The molecule has 0 spiro atoms. The van der Waals surface area contributed by atoms with E-state index < -0.39 is 0 Å². The lowest BCUT2D eigenvalue weighted by Crippen LogP contribution is -1.87. The highest BCUT2D eigenvalue weighted by Gasteiger charge is 2.14. The van der Waals surface area contributed by atoms with Crippen LogP contribution < -0.4 is 0 Å². The van der Waals surface area contributed by atoms with Gasteiger partial charge in [-0.3, -0.25) is 0 Å². The average molecular weight is 369 g/mol. The van der Waals surface area contributed by atoms with Crippen molar-refractivity contribution in [1.82, 2.24) is 10.2 Å². The Morgan fingerprint density at radius 1 is 1.29 bits per heavy atom. The summed E-state index contributed by atoms with van der Waals surface area (Å²) in [4.78, 5) is 0. The maximum Gasteiger partial charge on any atom is 0.277 e. The van der Waals surface area contributed by atoms with Gasteiger partial charge in [0.05, 0.1) is 11.8 Å². The van der Waals surface area contributed by atoms with Gasteiger partial charge in [0.2, 0.25) is 0 Å². The molecule has 0 aliphatic heterocycles. The van der Waals surface area contributed by atoms with Crippen molar-refractivity contribution in [3.63, 3.8) is 0 Å². The maximum absolute atomic E-state index is 13.6. The molecule has 0 saturated carbocycles. The molecule has 3 aromatic rings. The van der Waals surface area contributed by atoms with E-state index in [1.807, 2.05) is 6.92 Å². The van der Waals surface area contributed by atoms with Crippen LogP contribution in [0.3, 0.4) is 0 Å². The summed E-state index contributed by atoms with van der Waals surface area (Å²) in [7, 11) is 0. The fourth-order valence-corrected chi connectivity index (χ4v) is 2.92. The summed E-state index contributed by atoms with van der Waals surface area (Å²) in [5.74, 6) is 1.28. The summed E-state index contributed by atoms with van der Waals surface area (Å²) >= 11 is 4.61. The molecule has 3 rings (SSSR count). The van der Waals surface area contributed by atoms with Crippen molar-refractivity contribution in [3.8, 4) is 11.5 Å². The van der Waals surface area contributed by atoms with E-state index in [1.54, 1.807) is 24.5 Å². The van der Waals surface area contributed by atoms with Crippen molar-refractivity contribution in [3.05, 3.63) is 52.1 Å². The van der Waals surface area contributed by atoms with Crippen LogP contribution in [-0.4, -0.2) is 10.2 Å². The van der Waals surface area contributed by atoms with E-state index in [-0.39, 0.29) is 5.82 Å². The number of hydrogen-bond donors (Lipinski definition) is 0. The quantitative estimate of drug-likeness (QED) is 0.617. The first-order valence-corrected chi connectivity index (χ1v) is 7.86. The topological polar surface area (TPSA) is 52.1 Å². The van der Waals surface area contributed by atoms with E-state index in [9.17, 15) is 4.39 Å². The minimum atomic E-state index is -0.254. The lowest BCUT2D eigenvalue weighted by atomic mass is 10.2. The third-order valence-electron chi connectivity index (χ3n) is 2.85. The van der Waals surface area contributed by atoms with Crippen molar-refractivity contribution in [2.75, 3.05) is 0 Å². The molecule has 2 aromatic heterocycles. The Labute approximate surface area is 132 Å². The average Bonchev–Trinajstić information content (AvgIpc) is 3.08. The number of benzene rings is 1. The van der Waals surface area contributed by atoms with Crippen LogP contribution in [0.15, 0.2) is 49.1 Å². The first-order valence-electron chi connectivity index (χ1n) is 6.08. The molecule has 0 fully saturated rings. The van der Waals surface area contributed by atoms with Gasteiger partial charge in [-0.05, 0) is 36.8 Å². The molecule has 0 aliphatic rings. The third-order valence-corrected chi connectivity index (χ3v) is 4.22. The number of nitrogens with zero attached hydrogens (tertiary/aromatic N) is 2. The zero-order chi connectivity index (χ0) is 14.8. The Morgan fingerprint density at radius 3 is 2.90 bits per heavy atom. The number of aromatic nitrogens is 2. The van der Waals surface area contributed by atoms with E-state index in [0.717, 1.165) is 10.0 Å². The molecule has 0 saturated heterocycles. The molecule has 21 heavy (non-hydrogen) atoms. The normalized spacial score (nSPS) is 11.0. The highest BCUT2D eigenvalue weighted by molar-refractivity contribution is 9.10. The molecule has 0 atom stereocenters. The van der Waals surface area contributed by atoms with Crippen LogP contribution in [0.1, 0.15) is 11.3 Å². The van der Waals surface area contributed by atoms with Crippen LogP contribution in [0.4, 0.5) is 4.39 Å². The molecular weight excluding hydrogens is 359 g/mol. The van der Waals surface area contributed by atoms with Crippen LogP contribution in [0.2, 0.25) is 0 Å². The van der Waals surface area contributed by atoms with E-state index in [2.05, 4.69) is 26.1 Å². The van der Waals surface area contributed by atoms with Crippen molar-refractivity contribution < 1.29 is 13.2 Å². The number of hydrogen-bond acceptors (Lipinski definition) is 5. The lowest BCUT2D eigenvalue weighted by molar-refractivity contribution is 0.463. The second kappa shape index (κ2) is 6.03. The highest BCUT2D eigenvalue weighted by atomic mass is 79.9. The van der Waals surface area contributed by atoms with Crippen molar-refractivity contribution >= 4 is 27.7 Å². The molecule has 0 aliphatic carbocycles. The molecule has 7 heteroatoms. The summed E-state index contributed by atoms with van der Waals surface area (Å²) in [6.45, 7) is 1.82. The van der Waals surface area contributed by atoms with Gasteiger partial charge in [0.15, 0.2) is 0 Å². The first-order chi connectivity index (χ1) is 10.1. The summed E-state index contributed by atoms with van der Waals surface area (Å²) in [5, 5.41) is 8.32. The number of rotatable bonds is 4. The number of furan rings is 1. The van der Waals surface area contributed by atoms with Gasteiger partial charge in [-0.25, -0.2) is 4.39 Å². The molecular formula is C14H10BrFN2O2S. The molecule has 0 bridgehead atoms. The fraction of sp³-hybridized carbons (Fsp3) is 0.143. The van der Waals surface area contributed by atoms with Gasteiger partial charge in [-0.1, -0.05) is 27.7 Å². The van der Waals surface area contributed by atoms with Crippen LogP contribution in [0.25, 0.3) is 11.5 Å². The predicted octanol–water partition coefficient (Wildman–Crippen LogP) is 4.83. The Balaban J connectivity index is 1.73. The van der Waals surface area contributed by atoms with E-state index >= 15 is 0 Å². The smallest absolute Gasteiger partial charge is 0.277 e. The minimum Gasteiger partial charge on any atom is -0.469 e. The van der Waals surface area contributed by atoms with Crippen molar-refractivity contribution in [2.24, 2.45) is 0 Å². The standard InChI is InChI=1S/C14H10BrFN2O2S/c1-8-11(4-5-19-8)13-17-18-14(20-13)21-7-9-6-10(15)2-3-12(9)16/h2-6H,7H2,1H3. The van der Waals surface area contributed by atoms with E-state index in [4.69, 9.17) is 8.83 Å². The zero-order valence-electron chi connectivity index (χ0n) is 11.0. The second-order valence-corrected chi connectivity index (χ2v) is 6.13. The second-order valence-electron chi connectivity index (χ2n) is 4.29. The summed E-state index contributed by atoms with van der Waals surface area (Å²) in [6.07, 6.45) is 1.57. The molecule has 0 N–H and O–H groups in total. The molecule has 0 amide bonds. The van der Waals surface area contributed by atoms with E-state index in [1.165, 1.54) is 17.8 Å². The molecule has 0 unspecified atom stereocenters. The minimum absolute atomic E-state index is 0.254. The van der Waals surface area contributed by atoms with Crippen LogP contribution in [-0.2, 0) is 5.75 Å². The summed E-state index contributed by atoms with van der Waals surface area (Å²) in [5.41, 5.74) is 1.34. The van der Waals surface area contributed by atoms with Crippen LogP contribution in [0, 0.1) is 12.7 Å². The number of halogens is 2. The van der Waals surface area contributed by atoms with Gasteiger partial charge in [0.25, 0.3) is 11.1 Å². The number of thioether (sulfide) groups is 1. The fourth-order valence-electron chi connectivity index (χ4n) is 1.78. The van der Waals surface area contributed by atoms with Gasteiger partial charge >= 0.3 is 0 Å². The Morgan fingerprint density at radius 2 is 2.14 bits per heavy atom. The maximum atomic E-state index is 13.6. The van der Waals surface area contributed by atoms with Crippen molar-refractivity contribution in [1.29, 1.82) is 0 Å². The zero-order valence-corrected chi connectivity index (χ0v) is 13.4. The molecule has 108 valence electrons. The van der Waals surface area contributed by atoms with Gasteiger partial charge in [-0.2, -0.15) is 0 Å². The van der Waals surface area contributed by atoms with E-state index in [0.29, 0.717) is 28.2 Å². The Kier molecular flexibility index (Phi) is 4.12. The largest absolute Gasteiger partial charge is 0.469 e. The SMILES string of the molecule is Cc1occc1-c1nnc(SCc2cc(Br)ccc2F)o1. The molecule has 1 aromatic carbocycles. The summed E-state index contributed by atoms with van der Waals surface area (Å²) < 4.78 is 25.2. The predicted molar refractivity (Wildman–Crippen MR) is 80.4 cm³/mol. The van der Waals surface area contributed by atoms with Gasteiger partial charge in [-0.15, -0.1) is 10.2 Å². The van der Waals surface area contributed by atoms with Crippen LogP contribution >= 0.6 is 27.7 Å². The van der Waals surface area contributed by atoms with Gasteiger partial charge < -0.3 is 8.83 Å². The van der Waals surface area contributed by atoms with Crippen LogP contribution in [0.5, 0.6) is 0 Å². The molecule has 2 heterocycles. The van der Waals surface area contributed by atoms with Gasteiger partial charge in [0.1, 0.15) is 11.6 Å². The lowest BCUT2D eigenvalue weighted by Gasteiger charge is -2.01. The van der Waals surface area contributed by atoms with Crippen molar-refractivity contribution in [2.45, 2.75) is 17.9 Å². The first kappa shape index (κ1) is 14.3. The molecule has 4 nitrogen and oxygen atoms in total. The summed E-state index contributed by atoms with van der Waals surface area (Å²) in [6, 6.07) is 6.59. The number of aryl methyl sites for hydroxylation is 1.